The molecule has 1 fully saturated rings. The van der Waals surface area contributed by atoms with E-state index in [9.17, 15) is 9.59 Å². The van der Waals surface area contributed by atoms with E-state index in [1.54, 1.807) is 6.07 Å². The number of primary amides is 1. The zero-order valence-corrected chi connectivity index (χ0v) is 13.7. The van der Waals surface area contributed by atoms with Gasteiger partial charge in [-0.2, -0.15) is 0 Å². The lowest BCUT2D eigenvalue weighted by atomic mass is 9.92. The van der Waals surface area contributed by atoms with Gasteiger partial charge in [-0.05, 0) is 24.6 Å². The van der Waals surface area contributed by atoms with Gasteiger partial charge in [-0.3, -0.25) is 9.59 Å². The zero-order chi connectivity index (χ0) is 17.1. The fourth-order valence-corrected chi connectivity index (χ4v) is 3.56. The number of benzene rings is 2. The fraction of sp³-hybridized carbons (Fsp3) is 0.263. The van der Waals surface area contributed by atoms with Crippen molar-refractivity contribution in [2.75, 3.05) is 11.4 Å². The first-order valence-electron chi connectivity index (χ1n) is 8.05. The van der Waals surface area contributed by atoms with Gasteiger partial charge in [0.05, 0.1) is 16.8 Å². The summed E-state index contributed by atoms with van der Waals surface area (Å²) in [7, 11) is 0. The molecule has 3 aromatic rings. The predicted octanol–water partition coefficient (Wildman–Crippen LogP) is 3.18. The summed E-state index contributed by atoms with van der Waals surface area (Å²) >= 11 is 0. The SMILES string of the molecule is CC1(C)CCN(c2ccc(C(N)=O)c3[nH]c4ccccc4c23)C1=O. The second kappa shape index (κ2) is 4.84. The number of hydrogen-bond acceptors (Lipinski definition) is 2. The molecule has 1 aromatic heterocycles. The number of H-pyrrole nitrogens is 1. The number of nitrogens with zero attached hydrogens (tertiary/aromatic N) is 1. The van der Waals surface area contributed by atoms with E-state index in [0.29, 0.717) is 17.6 Å². The molecule has 2 amide bonds. The average molecular weight is 321 g/mol. The molecule has 0 spiro atoms. The van der Waals surface area contributed by atoms with E-state index >= 15 is 0 Å². The van der Waals surface area contributed by atoms with Crippen molar-refractivity contribution in [3.8, 4) is 0 Å². The molecule has 3 N–H and O–H groups in total. The Hall–Kier alpha value is -2.82. The summed E-state index contributed by atoms with van der Waals surface area (Å²) in [6.45, 7) is 4.62. The van der Waals surface area contributed by atoms with Crippen LogP contribution in [0.5, 0.6) is 0 Å². The summed E-state index contributed by atoms with van der Waals surface area (Å²) in [6, 6.07) is 11.4. The number of nitrogens with one attached hydrogen (secondary N) is 1. The van der Waals surface area contributed by atoms with Crippen LogP contribution < -0.4 is 10.6 Å². The molecule has 1 aliphatic rings. The van der Waals surface area contributed by atoms with Crippen molar-refractivity contribution in [2.24, 2.45) is 11.1 Å². The van der Waals surface area contributed by atoms with Crippen molar-refractivity contribution in [1.82, 2.24) is 4.98 Å². The summed E-state index contributed by atoms with van der Waals surface area (Å²) in [5, 5.41) is 1.87. The normalized spacial score (nSPS) is 17.1. The molecule has 5 heteroatoms. The molecule has 0 radical (unpaired) electrons. The highest BCUT2D eigenvalue weighted by molar-refractivity contribution is 6.21. The Kier molecular flexibility index (Phi) is 2.97. The number of amides is 2. The second-order valence-electron chi connectivity index (χ2n) is 7.01. The van der Waals surface area contributed by atoms with Gasteiger partial charge in [0.15, 0.2) is 0 Å². The molecular weight excluding hydrogens is 302 g/mol. The number of carbonyl (C=O) groups is 2. The van der Waals surface area contributed by atoms with Crippen molar-refractivity contribution < 1.29 is 9.59 Å². The van der Waals surface area contributed by atoms with Crippen LogP contribution in [0, 0.1) is 5.41 Å². The van der Waals surface area contributed by atoms with Crippen LogP contribution in [0.15, 0.2) is 36.4 Å². The molecule has 0 aliphatic carbocycles. The highest BCUT2D eigenvalue weighted by Gasteiger charge is 2.40. The van der Waals surface area contributed by atoms with Crippen LogP contribution in [0.3, 0.4) is 0 Å². The van der Waals surface area contributed by atoms with Gasteiger partial charge in [-0.15, -0.1) is 0 Å². The standard InChI is InChI=1S/C19H19N3O2/c1-19(2)9-10-22(18(19)24)14-8-7-12(17(20)23)16-15(14)11-5-3-4-6-13(11)21-16/h3-8,21H,9-10H2,1-2H3,(H2,20,23). The fourth-order valence-electron chi connectivity index (χ4n) is 3.56. The molecule has 24 heavy (non-hydrogen) atoms. The molecule has 5 nitrogen and oxygen atoms in total. The van der Waals surface area contributed by atoms with Gasteiger partial charge < -0.3 is 15.6 Å². The molecule has 0 saturated carbocycles. The molecule has 0 atom stereocenters. The lowest BCUT2D eigenvalue weighted by Crippen LogP contribution is -2.31. The smallest absolute Gasteiger partial charge is 0.250 e. The first-order valence-corrected chi connectivity index (χ1v) is 8.05. The maximum Gasteiger partial charge on any atom is 0.250 e. The maximum absolute atomic E-state index is 12.8. The van der Waals surface area contributed by atoms with E-state index in [-0.39, 0.29) is 11.3 Å². The quantitative estimate of drug-likeness (QED) is 0.760. The Labute approximate surface area is 139 Å². The Balaban J connectivity index is 2.05. The van der Waals surface area contributed by atoms with Crippen molar-refractivity contribution >= 4 is 39.3 Å². The van der Waals surface area contributed by atoms with Crippen LogP contribution in [-0.2, 0) is 4.79 Å². The summed E-state index contributed by atoms with van der Waals surface area (Å²) in [4.78, 5) is 29.7. The first kappa shape index (κ1) is 14.8. The number of nitrogens with two attached hydrogens (primary N) is 1. The summed E-state index contributed by atoms with van der Waals surface area (Å²) in [5.74, 6) is -0.368. The van der Waals surface area contributed by atoms with Crippen LogP contribution in [0.25, 0.3) is 21.8 Å². The average Bonchev–Trinajstić information content (AvgIpc) is 3.05. The maximum atomic E-state index is 12.8. The summed E-state index contributed by atoms with van der Waals surface area (Å²) < 4.78 is 0. The molecular formula is C19H19N3O2. The van der Waals surface area contributed by atoms with Gasteiger partial charge in [-0.25, -0.2) is 0 Å². The minimum atomic E-state index is -0.480. The minimum absolute atomic E-state index is 0.112. The van der Waals surface area contributed by atoms with Crippen molar-refractivity contribution in [2.45, 2.75) is 20.3 Å². The van der Waals surface area contributed by atoms with E-state index in [4.69, 9.17) is 5.73 Å². The molecule has 2 aromatic carbocycles. The Morgan fingerprint density at radius 3 is 2.62 bits per heavy atom. The Morgan fingerprint density at radius 1 is 1.21 bits per heavy atom. The van der Waals surface area contributed by atoms with Gasteiger partial charge >= 0.3 is 0 Å². The lowest BCUT2D eigenvalue weighted by molar-refractivity contribution is -0.123. The second-order valence-corrected chi connectivity index (χ2v) is 7.01. The third-order valence-electron chi connectivity index (χ3n) is 4.98. The highest BCUT2D eigenvalue weighted by Crippen LogP contribution is 2.40. The van der Waals surface area contributed by atoms with Crippen molar-refractivity contribution in [1.29, 1.82) is 0 Å². The van der Waals surface area contributed by atoms with Gasteiger partial charge in [0, 0.05) is 28.2 Å². The van der Waals surface area contributed by atoms with Gasteiger partial charge in [0.2, 0.25) is 5.91 Å². The molecule has 0 unspecified atom stereocenters. The lowest BCUT2D eigenvalue weighted by Gasteiger charge is -2.21. The summed E-state index contributed by atoms with van der Waals surface area (Å²) in [6.07, 6.45) is 0.813. The van der Waals surface area contributed by atoms with Crippen LogP contribution in [0.2, 0.25) is 0 Å². The Bertz CT molecular complexity index is 1000. The van der Waals surface area contributed by atoms with Gasteiger partial charge in [0.25, 0.3) is 5.91 Å². The van der Waals surface area contributed by atoms with E-state index in [2.05, 4.69) is 4.98 Å². The third-order valence-corrected chi connectivity index (χ3v) is 4.98. The van der Waals surface area contributed by atoms with Gasteiger partial charge in [0.1, 0.15) is 0 Å². The number of rotatable bonds is 2. The van der Waals surface area contributed by atoms with Crippen molar-refractivity contribution in [3.05, 3.63) is 42.0 Å². The number of anilines is 1. The molecule has 122 valence electrons. The number of carbonyl (C=O) groups excluding carboxylic acids is 2. The number of aromatic nitrogens is 1. The number of hydrogen-bond donors (Lipinski definition) is 2. The number of para-hydroxylation sites is 1. The van der Waals surface area contributed by atoms with E-state index < -0.39 is 5.91 Å². The third kappa shape index (κ3) is 1.94. The van der Waals surface area contributed by atoms with Crippen LogP contribution in [0.4, 0.5) is 5.69 Å². The number of aromatic amines is 1. The molecule has 4 rings (SSSR count). The van der Waals surface area contributed by atoms with Gasteiger partial charge in [-0.1, -0.05) is 32.0 Å². The van der Waals surface area contributed by atoms with Crippen LogP contribution in [0.1, 0.15) is 30.6 Å². The molecule has 1 aliphatic heterocycles. The molecule has 0 bridgehead atoms. The van der Waals surface area contributed by atoms with E-state index in [1.807, 2.05) is 49.1 Å². The highest BCUT2D eigenvalue weighted by atomic mass is 16.2. The largest absolute Gasteiger partial charge is 0.366 e. The summed E-state index contributed by atoms with van der Waals surface area (Å²) in [5.41, 5.74) is 8.07. The van der Waals surface area contributed by atoms with Crippen LogP contribution in [-0.4, -0.2) is 23.3 Å². The topological polar surface area (TPSA) is 79.2 Å². The minimum Gasteiger partial charge on any atom is -0.366 e. The number of fused-ring (bicyclic) bond motifs is 3. The molecule has 2 heterocycles. The first-order chi connectivity index (χ1) is 11.4. The predicted molar refractivity (Wildman–Crippen MR) is 95.1 cm³/mol. The Morgan fingerprint density at radius 2 is 1.96 bits per heavy atom. The van der Waals surface area contributed by atoms with E-state index in [0.717, 1.165) is 28.4 Å². The molecule has 1 saturated heterocycles. The van der Waals surface area contributed by atoms with E-state index in [1.165, 1.54) is 0 Å². The zero-order valence-electron chi connectivity index (χ0n) is 13.7. The monoisotopic (exact) mass is 321 g/mol. The van der Waals surface area contributed by atoms with Crippen molar-refractivity contribution in [3.63, 3.8) is 0 Å². The van der Waals surface area contributed by atoms with Crippen LogP contribution >= 0.6 is 0 Å².